The van der Waals surface area contributed by atoms with Crippen molar-refractivity contribution in [3.05, 3.63) is 40.0 Å². The van der Waals surface area contributed by atoms with Crippen molar-refractivity contribution in [1.29, 1.82) is 0 Å². The molecule has 0 saturated carbocycles. The average Bonchev–Trinajstić information content (AvgIpc) is 2.09. The highest BCUT2D eigenvalue weighted by atomic mass is 35.5. The third-order valence-corrected chi connectivity index (χ3v) is 2.66. The largest absolute Gasteiger partial charge is 0.235 e. The zero-order chi connectivity index (χ0) is 9.42. The van der Waals surface area contributed by atoms with Gasteiger partial charge in [0.2, 0.25) is 0 Å². The maximum atomic E-state index is 5.87. The van der Waals surface area contributed by atoms with Crippen molar-refractivity contribution >= 4 is 34.1 Å². The molecule has 0 bridgehead atoms. The topological polar surface area (TPSA) is 12.9 Å². The molecular formula is C10H7Cl2N. The number of benzene rings is 1. The Balaban J connectivity index is 2.89. The van der Waals surface area contributed by atoms with E-state index in [9.17, 15) is 0 Å². The van der Waals surface area contributed by atoms with Crippen LogP contribution in [0.1, 0.15) is 5.56 Å². The van der Waals surface area contributed by atoms with Gasteiger partial charge in [-0.3, -0.25) is 0 Å². The number of pyridine rings is 1. The number of rotatable bonds is 0. The fraction of sp³-hybridized carbons (Fsp3) is 0.100. The monoisotopic (exact) mass is 211 g/mol. The SMILES string of the molecule is Cc1cccc2nc(Cl)c(Cl)cc12. The molecule has 1 aromatic heterocycles. The highest BCUT2D eigenvalue weighted by Gasteiger charge is 2.03. The standard InChI is InChI=1S/C10H7Cl2N/c1-6-3-2-4-9-7(6)5-8(11)10(12)13-9/h2-5H,1H3. The summed E-state index contributed by atoms with van der Waals surface area (Å²) in [5.41, 5.74) is 2.04. The second-order valence-corrected chi connectivity index (χ2v) is 3.67. The zero-order valence-corrected chi connectivity index (χ0v) is 8.52. The quantitative estimate of drug-likeness (QED) is 0.604. The second kappa shape index (κ2) is 3.17. The Bertz CT molecular complexity index is 466. The van der Waals surface area contributed by atoms with Crippen LogP contribution >= 0.6 is 23.2 Å². The van der Waals surface area contributed by atoms with Crippen LogP contribution in [0.3, 0.4) is 0 Å². The number of halogens is 2. The minimum atomic E-state index is 0.361. The number of hydrogen-bond donors (Lipinski definition) is 0. The number of aryl methyl sites for hydroxylation is 1. The van der Waals surface area contributed by atoms with E-state index < -0.39 is 0 Å². The predicted octanol–water partition coefficient (Wildman–Crippen LogP) is 3.85. The highest BCUT2D eigenvalue weighted by molar-refractivity contribution is 6.41. The molecule has 0 radical (unpaired) electrons. The Morgan fingerprint density at radius 3 is 2.77 bits per heavy atom. The van der Waals surface area contributed by atoms with Crippen LogP contribution in [0.15, 0.2) is 24.3 Å². The fourth-order valence-corrected chi connectivity index (χ4v) is 1.59. The van der Waals surface area contributed by atoms with E-state index in [1.807, 2.05) is 31.2 Å². The summed E-state index contributed by atoms with van der Waals surface area (Å²) in [7, 11) is 0. The minimum Gasteiger partial charge on any atom is -0.235 e. The third kappa shape index (κ3) is 1.50. The molecular weight excluding hydrogens is 205 g/mol. The van der Waals surface area contributed by atoms with Gasteiger partial charge in [-0.2, -0.15) is 0 Å². The maximum Gasteiger partial charge on any atom is 0.148 e. The molecule has 0 aliphatic heterocycles. The summed E-state index contributed by atoms with van der Waals surface area (Å²) in [5, 5.41) is 1.92. The predicted molar refractivity (Wildman–Crippen MR) is 56.5 cm³/mol. The van der Waals surface area contributed by atoms with Crippen molar-refractivity contribution in [2.24, 2.45) is 0 Å². The summed E-state index contributed by atoms with van der Waals surface area (Å²) >= 11 is 11.7. The van der Waals surface area contributed by atoms with Crippen LogP contribution in [0.2, 0.25) is 10.2 Å². The van der Waals surface area contributed by atoms with E-state index in [0.717, 1.165) is 16.5 Å². The highest BCUT2D eigenvalue weighted by Crippen LogP contribution is 2.26. The lowest BCUT2D eigenvalue weighted by atomic mass is 10.1. The molecule has 0 aliphatic rings. The van der Waals surface area contributed by atoms with Crippen LogP contribution in [-0.2, 0) is 0 Å². The lowest BCUT2D eigenvalue weighted by Crippen LogP contribution is -1.83. The van der Waals surface area contributed by atoms with Crippen LogP contribution in [-0.4, -0.2) is 4.98 Å². The van der Waals surface area contributed by atoms with E-state index in [-0.39, 0.29) is 0 Å². The van der Waals surface area contributed by atoms with Gasteiger partial charge in [0, 0.05) is 5.39 Å². The molecule has 0 aliphatic carbocycles. The van der Waals surface area contributed by atoms with Gasteiger partial charge < -0.3 is 0 Å². The van der Waals surface area contributed by atoms with Gasteiger partial charge in [0.25, 0.3) is 0 Å². The Hall–Kier alpha value is -0.790. The summed E-state index contributed by atoms with van der Waals surface area (Å²) in [6, 6.07) is 7.75. The maximum absolute atomic E-state index is 5.87. The number of fused-ring (bicyclic) bond motifs is 1. The molecule has 3 heteroatoms. The van der Waals surface area contributed by atoms with Crippen molar-refractivity contribution in [1.82, 2.24) is 4.98 Å². The summed E-state index contributed by atoms with van der Waals surface area (Å²) < 4.78 is 0. The van der Waals surface area contributed by atoms with Crippen LogP contribution < -0.4 is 0 Å². The van der Waals surface area contributed by atoms with E-state index in [4.69, 9.17) is 23.2 Å². The van der Waals surface area contributed by atoms with Gasteiger partial charge >= 0.3 is 0 Å². The van der Waals surface area contributed by atoms with Crippen LogP contribution in [0.25, 0.3) is 10.9 Å². The molecule has 1 nitrogen and oxygen atoms in total. The molecule has 66 valence electrons. The Morgan fingerprint density at radius 1 is 1.23 bits per heavy atom. The molecule has 0 saturated heterocycles. The first kappa shape index (κ1) is 8.79. The van der Waals surface area contributed by atoms with Crippen LogP contribution in [0.5, 0.6) is 0 Å². The van der Waals surface area contributed by atoms with Gasteiger partial charge in [-0.1, -0.05) is 35.3 Å². The van der Waals surface area contributed by atoms with Crippen molar-refractivity contribution < 1.29 is 0 Å². The van der Waals surface area contributed by atoms with E-state index in [1.165, 1.54) is 0 Å². The van der Waals surface area contributed by atoms with E-state index >= 15 is 0 Å². The van der Waals surface area contributed by atoms with Gasteiger partial charge in [0.1, 0.15) is 5.15 Å². The molecule has 0 unspecified atom stereocenters. The Kier molecular flexibility index (Phi) is 2.14. The van der Waals surface area contributed by atoms with E-state index in [0.29, 0.717) is 10.2 Å². The summed E-state index contributed by atoms with van der Waals surface area (Å²) in [6.45, 7) is 2.02. The van der Waals surface area contributed by atoms with Crippen molar-refractivity contribution in [2.45, 2.75) is 6.92 Å². The van der Waals surface area contributed by atoms with Crippen LogP contribution in [0.4, 0.5) is 0 Å². The van der Waals surface area contributed by atoms with E-state index in [2.05, 4.69) is 4.98 Å². The Labute approximate surface area is 86.3 Å². The summed E-state index contributed by atoms with van der Waals surface area (Å²) in [5.74, 6) is 0. The van der Waals surface area contributed by atoms with Gasteiger partial charge in [-0.15, -0.1) is 0 Å². The van der Waals surface area contributed by atoms with E-state index in [1.54, 1.807) is 0 Å². The number of nitrogens with zero attached hydrogens (tertiary/aromatic N) is 1. The number of hydrogen-bond acceptors (Lipinski definition) is 1. The van der Waals surface area contributed by atoms with Crippen molar-refractivity contribution in [3.8, 4) is 0 Å². The van der Waals surface area contributed by atoms with Gasteiger partial charge in [0.15, 0.2) is 0 Å². The molecule has 13 heavy (non-hydrogen) atoms. The molecule has 0 spiro atoms. The van der Waals surface area contributed by atoms with Crippen molar-refractivity contribution in [3.63, 3.8) is 0 Å². The average molecular weight is 212 g/mol. The molecule has 0 amide bonds. The zero-order valence-electron chi connectivity index (χ0n) is 7.01. The normalized spacial score (nSPS) is 10.7. The minimum absolute atomic E-state index is 0.361. The first-order valence-electron chi connectivity index (χ1n) is 3.90. The van der Waals surface area contributed by atoms with Crippen LogP contribution in [0, 0.1) is 6.92 Å². The smallest absolute Gasteiger partial charge is 0.148 e. The van der Waals surface area contributed by atoms with Crippen molar-refractivity contribution in [2.75, 3.05) is 0 Å². The second-order valence-electron chi connectivity index (χ2n) is 2.90. The van der Waals surface area contributed by atoms with Gasteiger partial charge in [-0.05, 0) is 24.6 Å². The molecule has 0 atom stereocenters. The number of aromatic nitrogens is 1. The first-order valence-corrected chi connectivity index (χ1v) is 4.65. The Morgan fingerprint density at radius 2 is 2.00 bits per heavy atom. The summed E-state index contributed by atoms with van der Waals surface area (Å²) in [4.78, 5) is 4.17. The third-order valence-electron chi connectivity index (χ3n) is 1.99. The lowest BCUT2D eigenvalue weighted by Gasteiger charge is -2.02. The fourth-order valence-electron chi connectivity index (χ4n) is 1.30. The lowest BCUT2D eigenvalue weighted by molar-refractivity contribution is 1.39. The summed E-state index contributed by atoms with van der Waals surface area (Å²) in [6.07, 6.45) is 0. The molecule has 2 aromatic rings. The molecule has 1 aromatic carbocycles. The first-order chi connectivity index (χ1) is 6.18. The molecule has 1 heterocycles. The van der Waals surface area contributed by atoms with Gasteiger partial charge in [-0.25, -0.2) is 4.98 Å². The molecule has 2 rings (SSSR count). The molecule has 0 N–H and O–H groups in total. The molecule has 0 fully saturated rings. The van der Waals surface area contributed by atoms with Gasteiger partial charge in [0.05, 0.1) is 10.5 Å².